The molecule has 0 atom stereocenters. The van der Waals surface area contributed by atoms with Gasteiger partial charge in [0.25, 0.3) is 0 Å². The second-order valence-electron chi connectivity index (χ2n) is 7.16. The molecule has 1 aromatic carbocycles. The van der Waals surface area contributed by atoms with E-state index in [1.54, 1.807) is 31.6 Å². The van der Waals surface area contributed by atoms with Crippen molar-refractivity contribution in [3.05, 3.63) is 66.1 Å². The number of allylic oxidation sites excluding steroid dienone is 1. The summed E-state index contributed by atoms with van der Waals surface area (Å²) in [6.45, 7) is 3.40. The van der Waals surface area contributed by atoms with Gasteiger partial charge in [0.05, 0.1) is 11.9 Å². The minimum Gasteiger partial charge on any atom is -0.391 e. The first kappa shape index (κ1) is 22.9. The van der Waals surface area contributed by atoms with Gasteiger partial charge < -0.3 is 10.6 Å². The Balaban J connectivity index is 1.56. The van der Waals surface area contributed by atoms with Crippen LogP contribution in [0.2, 0.25) is 0 Å². The van der Waals surface area contributed by atoms with Gasteiger partial charge in [0.15, 0.2) is 5.65 Å². The second-order valence-corrected chi connectivity index (χ2v) is 7.16. The summed E-state index contributed by atoms with van der Waals surface area (Å²) in [5.74, 6) is 0.423. The van der Waals surface area contributed by atoms with Crippen LogP contribution in [0.3, 0.4) is 0 Å². The molecule has 3 rings (SSSR count). The first-order chi connectivity index (χ1) is 15.7. The maximum Gasteiger partial charge on any atom is 0.320 e. The molecule has 2 amide bonds. The summed E-state index contributed by atoms with van der Waals surface area (Å²) >= 11 is 0. The molecule has 0 unspecified atom stereocenters. The summed E-state index contributed by atoms with van der Waals surface area (Å²) in [7, 11) is 1.70. The molecule has 0 aliphatic carbocycles. The number of pyridine rings is 1. The van der Waals surface area contributed by atoms with Crippen molar-refractivity contribution in [1.29, 1.82) is 0 Å². The molecule has 0 aliphatic rings. The Hall–Kier alpha value is -3.81. The number of fused-ring (bicyclic) bond motifs is 1. The highest BCUT2D eigenvalue weighted by Crippen LogP contribution is 2.15. The first-order valence-corrected chi connectivity index (χ1v) is 10.8. The lowest BCUT2D eigenvalue weighted by Gasteiger charge is -2.08. The topological polar surface area (TPSA) is 104 Å². The fourth-order valence-corrected chi connectivity index (χ4v) is 3.10. The van der Waals surface area contributed by atoms with Gasteiger partial charge in [-0.2, -0.15) is 0 Å². The quantitative estimate of drug-likeness (QED) is 0.334. The van der Waals surface area contributed by atoms with E-state index in [9.17, 15) is 4.79 Å². The zero-order chi connectivity index (χ0) is 22.6. The van der Waals surface area contributed by atoms with Crippen LogP contribution in [0, 0.1) is 0 Å². The number of aliphatic imine (C=N–C) groups is 1. The molecule has 32 heavy (non-hydrogen) atoms. The lowest BCUT2D eigenvalue weighted by molar-refractivity contribution is 0.252. The first-order valence-electron chi connectivity index (χ1n) is 10.8. The SMILES string of the molecule is CCN/C=C(\C=NC)c1cnc2ccc(NC(=O)NCCCCc3ccccc3)nc2n1. The van der Waals surface area contributed by atoms with E-state index < -0.39 is 0 Å². The van der Waals surface area contributed by atoms with Crippen LogP contribution in [0.5, 0.6) is 0 Å². The molecule has 8 nitrogen and oxygen atoms in total. The fraction of sp³-hybridized carbons (Fsp3) is 0.292. The number of aryl methyl sites for hydroxylation is 1. The Morgan fingerprint density at radius 2 is 1.94 bits per heavy atom. The average Bonchev–Trinajstić information content (AvgIpc) is 2.81. The van der Waals surface area contributed by atoms with Gasteiger partial charge in [-0.05, 0) is 43.9 Å². The third kappa shape index (κ3) is 6.87. The number of nitrogens with zero attached hydrogens (tertiary/aromatic N) is 4. The highest BCUT2D eigenvalue weighted by molar-refractivity contribution is 6.09. The van der Waals surface area contributed by atoms with Crippen LogP contribution in [0.15, 0.2) is 59.9 Å². The Morgan fingerprint density at radius 1 is 1.09 bits per heavy atom. The van der Waals surface area contributed by atoms with Crippen molar-refractivity contribution >= 4 is 34.8 Å². The number of carbonyl (C=O) groups is 1. The number of nitrogens with one attached hydrogen (secondary N) is 3. The van der Waals surface area contributed by atoms with Gasteiger partial charge in [0.2, 0.25) is 0 Å². The maximum absolute atomic E-state index is 12.2. The van der Waals surface area contributed by atoms with Gasteiger partial charge in [-0.3, -0.25) is 15.3 Å². The van der Waals surface area contributed by atoms with Crippen LogP contribution in [-0.2, 0) is 6.42 Å². The van der Waals surface area contributed by atoms with Crippen LogP contribution in [0.25, 0.3) is 16.7 Å². The summed E-state index contributed by atoms with van der Waals surface area (Å²) in [6, 6.07) is 13.6. The fourth-order valence-electron chi connectivity index (χ4n) is 3.10. The van der Waals surface area contributed by atoms with E-state index in [-0.39, 0.29) is 6.03 Å². The zero-order valence-electron chi connectivity index (χ0n) is 18.5. The van der Waals surface area contributed by atoms with E-state index in [2.05, 4.69) is 48.0 Å². The molecule has 0 fully saturated rings. The molecular weight excluding hydrogens is 402 g/mol. The van der Waals surface area contributed by atoms with Gasteiger partial charge >= 0.3 is 6.03 Å². The van der Waals surface area contributed by atoms with Crippen molar-refractivity contribution in [3.63, 3.8) is 0 Å². The number of amides is 2. The molecule has 2 aromatic heterocycles. The van der Waals surface area contributed by atoms with E-state index in [1.807, 2.05) is 31.3 Å². The maximum atomic E-state index is 12.2. The number of anilines is 1. The van der Waals surface area contributed by atoms with E-state index in [4.69, 9.17) is 0 Å². The standard InChI is InChI=1S/C24H29N7O/c1-3-26-16-19(15-25-2)21-17-28-20-12-13-22(30-23(20)29-21)31-24(32)27-14-8-7-11-18-9-5-4-6-10-18/h4-6,9-10,12-13,15-17,26H,3,7-8,11,14H2,1-2H3,(H2,27,29,30,31,32)/b19-16+,25-15?. The predicted molar refractivity (Wildman–Crippen MR) is 130 cm³/mol. The summed E-state index contributed by atoms with van der Waals surface area (Å²) in [5, 5.41) is 8.79. The van der Waals surface area contributed by atoms with Gasteiger partial charge in [0.1, 0.15) is 11.3 Å². The highest BCUT2D eigenvalue weighted by Gasteiger charge is 2.08. The van der Waals surface area contributed by atoms with Crippen molar-refractivity contribution in [2.45, 2.75) is 26.2 Å². The monoisotopic (exact) mass is 431 g/mol. The summed E-state index contributed by atoms with van der Waals surface area (Å²) in [4.78, 5) is 29.8. The Kier molecular flexibility index (Phi) is 8.68. The minimum absolute atomic E-state index is 0.286. The van der Waals surface area contributed by atoms with E-state index >= 15 is 0 Å². The van der Waals surface area contributed by atoms with Crippen molar-refractivity contribution in [1.82, 2.24) is 25.6 Å². The number of urea groups is 1. The van der Waals surface area contributed by atoms with E-state index in [0.29, 0.717) is 29.2 Å². The van der Waals surface area contributed by atoms with Crippen molar-refractivity contribution in [2.24, 2.45) is 4.99 Å². The molecule has 3 aromatic rings. The van der Waals surface area contributed by atoms with Crippen LogP contribution >= 0.6 is 0 Å². The molecular formula is C24H29N7O. The van der Waals surface area contributed by atoms with Gasteiger partial charge in [-0.15, -0.1) is 0 Å². The molecule has 0 aliphatic heterocycles. The number of hydrogen-bond donors (Lipinski definition) is 3. The molecule has 3 N–H and O–H groups in total. The van der Waals surface area contributed by atoms with Crippen LogP contribution in [0.4, 0.5) is 10.6 Å². The molecule has 0 spiro atoms. The van der Waals surface area contributed by atoms with E-state index in [0.717, 1.165) is 31.4 Å². The largest absolute Gasteiger partial charge is 0.391 e. The Labute approximate surface area is 188 Å². The smallest absolute Gasteiger partial charge is 0.320 e. The Bertz CT molecular complexity index is 1080. The number of rotatable bonds is 10. The van der Waals surface area contributed by atoms with Gasteiger partial charge in [-0.25, -0.2) is 14.8 Å². The van der Waals surface area contributed by atoms with Crippen LogP contribution < -0.4 is 16.0 Å². The Morgan fingerprint density at radius 3 is 2.72 bits per heavy atom. The molecule has 166 valence electrons. The minimum atomic E-state index is -0.286. The number of benzene rings is 1. The zero-order valence-corrected chi connectivity index (χ0v) is 18.5. The lowest BCUT2D eigenvalue weighted by atomic mass is 10.1. The van der Waals surface area contributed by atoms with Gasteiger partial charge in [-0.1, -0.05) is 30.3 Å². The van der Waals surface area contributed by atoms with Crippen molar-refractivity contribution in [3.8, 4) is 0 Å². The number of unbranched alkanes of at least 4 members (excludes halogenated alkanes) is 1. The average molecular weight is 432 g/mol. The normalized spacial score (nSPS) is 11.6. The number of carbonyl (C=O) groups excluding carboxylic acids is 1. The third-order valence-corrected chi connectivity index (χ3v) is 4.69. The second kappa shape index (κ2) is 12.1. The molecule has 0 bridgehead atoms. The van der Waals surface area contributed by atoms with Crippen molar-refractivity contribution in [2.75, 3.05) is 25.5 Å². The summed E-state index contributed by atoms with van der Waals surface area (Å²) < 4.78 is 0. The number of hydrogen-bond acceptors (Lipinski definition) is 6. The summed E-state index contributed by atoms with van der Waals surface area (Å²) in [5.41, 5.74) is 3.87. The predicted octanol–water partition coefficient (Wildman–Crippen LogP) is 3.82. The van der Waals surface area contributed by atoms with E-state index in [1.165, 1.54) is 5.56 Å². The molecule has 0 saturated carbocycles. The highest BCUT2D eigenvalue weighted by atomic mass is 16.2. The molecule has 8 heteroatoms. The molecule has 0 saturated heterocycles. The van der Waals surface area contributed by atoms with Crippen molar-refractivity contribution < 1.29 is 4.79 Å². The summed E-state index contributed by atoms with van der Waals surface area (Å²) in [6.07, 6.45) is 8.17. The lowest BCUT2D eigenvalue weighted by Crippen LogP contribution is -2.29. The number of aromatic nitrogens is 3. The molecule has 0 radical (unpaired) electrons. The third-order valence-electron chi connectivity index (χ3n) is 4.69. The van der Waals surface area contributed by atoms with Gasteiger partial charge in [0, 0.05) is 38.1 Å². The van der Waals surface area contributed by atoms with Crippen LogP contribution in [-0.4, -0.2) is 47.3 Å². The van der Waals surface area contributed by atoms with Crippen LogP contribution in [0.1, 0.15) is 31.0 Å². The molecule has 2 heterocycles.